The van der Waals surface area contributed by atoms with Crippen molar-refractivity contribution in [1.29, 1.82) is 0 Å². The van der Waals surface area contributed by atoms with Crippen molar-refractivity contribution in [2.45, 2.75) is 0 Å². The van der Waals surface area contributed by atoms with E-state index in [1.807, 2.05) is 6.07 Å². The minimum atomic E-state index is -0.745. The third kappa shape index (κ3) is 3.42. The van der Waals surface area contributed by atoms with Crippen LogP contribution in [0, 0.1) is 10.1 Å². The molecule has 0 radical (unpaired) electrons. The van der Waals surface area contributed by atoms with Gasteiger partial charge in [0.2, 0.25) is 0 Å². The molecular weight excluding hydrogens is 324 g/mol. The fraction of sp³-hybridized carbons (Fsp3) is 0.0714. The summed E-state index contributed by atoms with van der Waals surface area (Å²) in [4.78, 5) is 23.4. The van der Waals surface area contributed by atoms with Crippen LogP contribution in [0.25, 0.3) is 0 Å². The van der Waals surface area contributed by atoms with Gasteiger partial charge in [-0.2, -0.15) is 0 Å². The summed E-state index contributed by atoms with van der Waals surface area (Å²) in [6, 6.07) is 15.9. The van der Waals surface area contributed by atoms with E-state index in [0.717, 1.165) is 4.47 Å². The second kappa shape index (κ2) is 6.29. The summed E-state index contributed by atoms with van der Waals surface area (Å²) in [6.07, 6.45) is 0. The number of carbonyl (C=O) groups excluding carboxylic acids is 1. The maximum absolute atomic E-state index is 12.1. The molecule has 2 rings (SSSR count). The van der Waals surface area contributed by atoms with E-state index in [1.165, 1.54) is 4.90 Å². The number of nitro groups is 1. The molecule has 0 bridgehead atoms. The Balaban J connectivity index is 2.41. The molecule has 0 saturated carbocycles. The van der Waals surface area contributed by atoms with Crippen molar-refractivity contribution in [2.75, 3.05) is 11.4 Å². The minimum absolute atomic E-state index is 0.580. The molecule has 0 unspecified atom stereocenters. The quantitative estimate of drug-likeness (QED) is 0.635. The van der Waals surface area contributed by atoms with Crippen LogP contribution >= 0.6 is 15.9 Å². The number of rotatable bonds is 4. The number of halogens is 1. The van der Waals surface area contributed by atoms with Crippen LogP contribution in [0.1, 0.15) is 0 Å². The highest BCUT2D eigenvalue weighted by Gasteiger charge is 2.22. The molecule has 2 aromatic carbocycles. The normalized spacial score (nSPS) is 10.1. The topological polar surface area (TPSA) is 63.4 Å². The molecule has 102 valence electrons. The fourth-order valence-electron chi connectivity index (χ4n) is 1.79. The molecule has 0 atom stereocenters. The summed E-state index contributed by atoms with van der Waals surface area (Å²) < 4.78 is 0.871. The van der Waals surface area contributed by atoms with Crippen LogP contribution in [0.2, 0.25) is 0 Å². The Labute approximate surface area is 124 Å². The Morgan fingerprint density at radius 2 is 1.60 bits per heavy atom. The van der Waals surface area contributed by atoms with E-state index in [0.29, 0.717) is 11.4 Å². The first-order valence-electron chi connectivity index (χ1n) is 5.83. The van der Waals surface area contributed by atoms with Crippen molar-refractivity contribution in [3.63, 3.8) is 0 Å². The average Bonchev–Trinajstić information content (AvgIpc) is 2.42. The molecule has 0 saturated heterocycles. The minimum Gasteiger partial charge on any atom is -0.275 e. The van der Waals surface area contributed by atoms with Gasteiger partial charge in [-0.05, 0) is 36.4 Å². The summed E-state index contributed by atoms with van der Waals surface area (Å²) >= 11 is 3.32. The van der Waals surface area contributed by atoms with E-state index in [9.17, 15) is 14.9 Å². The fourth-order valence-corrected chi connectivity index (χ4v) is 2.05. The Kier molecular flexibility index (Phi) is 4.47. The molecule has 5 nitrogen and oxygen atoms in total. The zero-order chi connectivity index (χ0) is 14.5. The van der Waals surface area contributed by atoms with E-state index < -0.39 is 17.4 Å². The standard InChI is InChI=1S/C14H11BrN2O3/c15-11-6-8-13(9-7-11)17(14(18)10-16(19)20)12-4-2-1-3-5-12/h1-9H,10H2. The van der Waals surface area contributed by atoms with Gasteiger partial charge < -0.3 is 0 Å². The van der Waals surface area contributed by atoms with Crippen LogP contribution in [0.3, 0.4) is 0 Å². The molecule has 0 N–H and O–H groups in total. The monoisotopic (exact) mass is 334 g/mol. The van der Waals surface area contributed by atoms with Crippen molar-refractivity contribution >= 4 is 33.2 Å². The van der Waals surface area contributed by atoms with Crippen molar-refractivity contribution in [3.05, 3.63) is 69.2 Å². The van der Waals surface area contributed by atoms with Gasteiger partial charge in [0.05, 0.1) is 0 Å². The van der Waals surface area contributed by atoms with Crippen LogP contribution in [-0.4, -0.2) is 17.4 Å². The molecule has 0 fully saturated rings. The van der Waals surface area contributed by atoms with Crippen molar-refractivity contribution in [1.82, 2.24) is 0 Å². The van der Waals surface area contributed by atoms with E-state index >= 15 is 0 Å². The lowest BCUT2D eigenvalue weighted by Crippen LogP contribution is -2.31. The van der Waals surface area contributed by atoms with Crippen LogP contribution in [-0.2, 0) is 4.79 Å². The second-order valence-corrected chi connectivity index (χ2v) is 4.95. The van der Waals surface area contributed by atoms with Gasteiger partial charge in [-0.1, -0.05) is 34.1 Å². The number of hydrogen-bond donors (Lipinski definition) is 0. The molecule has 0 spiro atoms. The molecule has 6 heteroatoms. The average molecular weight is 335 g/mol. The summed E-state index contributed by atoms with van der Waals surface area (Å²) in [5, 5.41) is 10.6. The number of anilines is 2. The lowest BCUT2D eigenvalue weighted by Gasteiger charge is -2.21. The van der Waals surface area contributed by atoms with E-state index in [1.54, 1.807) is 48.5 Å². The first-order valence-corrected chi connectivity index (χ1v) is 6.62. The van der Waals surface area contributed by atoms with Crippen molar-refractivity contribution < 1.29 is 9.72 Å². The van der Waals surface area contributed by atoms with Gasteiger partial charge in [0.25, 0.3) is 6.54 Å². The van der Waals surface area contributed by atoms with E-state index in [2.05, 4.69) is 15.9 Å². The Morgan fingerprint density at radius 3 is 2.15 bits per heavy atom. The van der Waals surface area contributed by atoms with Crippen molar-refractivity contribution in [2.24, 2.45) is 0 Å². The van der Waals surface area contributed by atoms with Gasteiger partial charge >= 0.3 is 5.91 Å². The maximum Gasteiger partial charge on any atom is 0.303 e. The van der Waals surface area contributed by atoms with Crippen LogP contribution in [0.5, 0.6) is 0 Å². The molecule has 1 amide bonds. The molecule has 0 aliphatic carbocycles. The van der Waals surface area contributed by atoms with Crippen molar-refractivity contribution in [3.8, 4) is 0 Å². The van der Waals surface area contributed by atoms with Crippen LogP contribution in [0.15, 0.2) is 59.1 Å². The first-order chi connectivity index (χ1) is 9.58. The van der Waals surface area contributed by atoms with Crippen LogP contribution < -0.4 is 4.90 Å². The number of amides is 1. The smallest absolute Gasteiger partial charge is 0.275 e. The lowest BCUT2D eigenvalue weighted by molar-refractivity contribution is -0.467. The number of nitrogens with zero attached hydrogens (tertiary/aromatic N) is 2. The van der Waals surface area contributed by atoms with Gasteiger partial charge in [0.1, 0.15) is 0 Å². The van der Waals surface area contributed by atoms with Gasteiger partial charge in [-0.3, -0.25) is 19.8 Å². The highest BCUT2D eigenvalue weighted by molar-refractivity contribution is 9.10. The van der Waals surface area contributed by atoms with E-state index in [4.69, 9.17) is 0 Å². The molecule has 2 aromatic rings. The number of para-hydroxylation sites is 1. The van der Waals surface area contributed by atoms with Crippen LogP contribution in [0.4, 0.5) is 11.4 Å². The third-order valence-corrected chi connectivity index (χ3v) is 3.14. The highest BCUT2D eigenvalue weighted by atomic mass is 79.9. The Morgan fingerprint density at radius 1 is 1.05 bits per heavy atom. The summed E-state index contributed by atoms with van der Waals surface area (Å²) in [5.41, 5.74) is 1.19. The van der Waals surface area contributed by atoms with Gasteiger partial charge in [-0.15, -0.1) is 0 Å². The molecule has 0 aromatic heterocycles. The largest absolute Gasteiger partial charge is 0.303 e. The maximum atomic E-state index is 12.1. The molecular formula is C14H11BrN2O3. The zero-order valence-electron chi connectivity index (χ0n) is 10.4. The number of benzene rings is 2. The Hall–Kier alpha value is -2.21. The number of hydrogen-bond acceptors (Lipinski definition) is 3. The molecule has 20 heavy (non-hydrogen) atoms. The molecule has 0 heterocycles. The zero-order valence-corrected chi connectivity index (χ0v) is 12.0. The Bertz CT molecular complexity index is 614. The summed E-state index contributed by atoms with van der Waals surface area (Å²) in [5.74, 6) is -0.580. The predicted octanol–water partition coefficient (Wildman–Crippen LogP) is 3.39. The molecule has 0 aliphatic rings. The van der Waals surface area contributed by atoms with Gasteiger partial charge in [-0.25, -0.2) is 0 Å². The lowest BCUT2D eigenvalue weighted by atomic mass is 10.2. The summed E-state index contributed by atoms with van der Waals surface area (Å²) in [7, 11) is 0. The second-order valence-electron chi connectivity index (χ2n) is 4.03. The van der Waals surface area contributed by atoms with Gasteiger partial charge in [0.15, 0.2) is 0 Å². The third-order valence-electron chi connectivity index (χ3n) is 2.61. The van der Waals surface area contributed by atoms with Gasteiger partial charge in [0, 0.05) is 20.8 Å². The SMILES string of the molecule is O=C(C[N+](=O)[O-])N(c1ccccc1)c1ccc(Br)cc1. The highest BCUT2D eigenvalue weighted by Crippen LogP contribution is 2.26. The predicted molar refractivity (Wildman–Crippen MR) is 79.6 cm³/mol. The summed E-state index contributed by atoms with van der Waals surface area (Å²) in [6.45, 7) is -0.745. The number of carbonyl (C=O) groups is 1. The van der Waals surface area contributed by atoms with E-state index in [-0.39, 0.29) is 0 Å². The molecule has 0 aliphatic heterocycles. The first kappa shape index (κ1) is 14.2.